The predicted molar refractivity (Wildman–Crippen MR) is 123 cm³/mol. The first kappa shape index (κ1) is 21.0. The summed E-state index contributed by atoms with van der Waals surface area (Å²) in [4.78, 5) is 0. The molecular formula is C26H34N2O2. The van der Waals surface area contributed by atoms with Gasteiger partial charge in [-0.3, -0.25) is 0 Å². The summed E-state index contributed by atoms with van der Waals surface area (Å²) in [6, 6.07) is 14.3. The van der Waals surface area contributed by atoms with Gasteiger partial charge in [0.1, 0.15) is 11.5 Å². The third kappa shape index (κ3) is 4.71. The molecule has 0 spiro atoms. The van der Waals surface area contributed by atoms with Crippen molar-refractivity contribution >= 4 is 10.8 Å². The van der Waals surface area contributed by atoms with Gasteiger partial charge in [-0.25, -0.2) is 0 Å². The van der Waals surface area contributed by atoms with Crippen LogP contribution in [0.4, 0.5) is 0 Å². The van der Waals surface area contributed by atoms with E-state index in [9.17, 15) is 0 Å². The molecule has 0 radical (unpaired) electrons. The highest BCUT2D eigenvalue weighted by Crippen LogP contribution is 2.38. The minimum Gasteiger partial charge on any atom is -0.496 e. The molecule has 30 heavy (non-hydrogen) atoms. The van der Waals surface area contributed by atoms with E-state index in [1.165, 1.54) is 63.6 Å². The van der Waals surface area contributed by atoms with E-state index in [1.807, 2.05) is 18.2 Å². The molecular weight excluding hydrogens is 372 g/mol. The predicted octanol–water partition coefficient (Wildman–Crippen LogP) is 5.91. The second-order valence-electron chi connectivity index (χ2n) is 8.46. The van der Waals surface area contributed by atoms with Gasteiger partial charge in [0.15, 0.2) is 0 Å². The van der Waals surface area contributed by atoms with Gasteiger partial charge in [0.25, 0.3) is 0 Å². The van der Waals surface area contributed by atoms with Gasteiger partial charge in [-0.15, -0.1) is 0 Å². The van der Waals surface area contributed by atoms with Crippen molar-refractivity contribution in [2.45, 2.75) is 56.9 Å². The van der Waals surface area contributed by atoms with Gasteiger partial charge in [-0.1, -0.05) is 49.6 Å². The van der Waals surface area contributed by atoms with Gasteiger partial charge in [0.05, 0.1) is 19.4 Å². The van der Waals surface area contributed by atoms with E-state index in [-0.39, 0.29) is 6.04 Å². The maximum Gasteiger partial charge on any atom is 0.132 e. The van der Waals surface area contributed by atoms with E-state index in [4.69, 9.17) is 14.9 Å². The van der Waals surface area contributed by atoms with Crippen molar-refractivity contribution in [1.29, 1.82) is 0 Å². The SMILES string of the molecule is C1CCNC1.COc1ccc(C2CCCCC2)cc1C(N)c1occ2ccccc12. The number of benzene rings is 2. The van der Waals surface area contributed by atoms with Gasteiger partial charge in [0.2, 0.25) is 0 Å². The fraction of sp³-hybridized carbons (Fsp3) is 0.462. The molecule has 2 heterocycles. The molecule has 0 amide bonds. The Hall–Kier alpha value is -2.30. The summed E-state index contributed by atoms with van der Waals surface area (Å²) in [5.74, 6) is 2.26. The third-order valence-electron chi connectivity index (χ3n) is 6.44. The number of ether oxygens (including phenoxy) is 1. The largest absolute Gasteiger partial charge is 0.496 e. The topological polar surface area (TPSA) is 60.4 Å². The van der Waals surface area contributed by atoms with Crippen LogP contribution in [-0.2, 0) is 0 Å². The van der Waals surface area contributed by atoms with Crippen LogP contribution in [0.25, 0.3) is 10.8 Å². The Balaban J connectivity index is 0.000000383. The highest BCUT2D eigenvalue weighted by atomic mass is 16.5. The van der Waals surface area contributed by atoms with Crippen molar-refractivity contribution in [2.24, 2.45) is 5.73 Å². The van der Waals surface area contributed by atoms with Crippen molar-refractivity contribution in [3.8, 4) is 5.75 Å². The molecule has 3 aromatic rings. The molecule has 0 bridgehead atoms. The van der Waals surface area contributed by atoms with Crippen LogP contribution in [0.15, 0.2) is 53.1 Å². The van der Waals surface area contributed by atoms with Gasteiger partial charge in [-0.05, 0) is 62.4 Å². The molecule has 1 unspecified atom stereocenters. The van der Waals surface area contributed by atoms with Crippen LogP contribution in [0.3, 0.4) is 0 Å². The molecule has 3 N–H and O–H groups in total. The fourth-order valence-corrected chi connectivity index (χ4v) is 4.71. The average Bonchev–Trinajstić information content (AvgIpc) is 3.52. The second-order valence-corrected chi connectivity index (χ2v) is 8.46. The van der Waals surface area contributed by atoms with Crippen molar-refractivity contribution in [3.05, 3.63) is 65.6 Å². The Morgan fingerprint density at radius 3 is 2.47 bits per heavy atom. The minimum absolute atomic E-state index is 0.335. The van der Waals surface area contributed by atoms with Crippen molar-refractivity contribution in [1.82, 2.24) is 5.32 Å². The number of nitrogens with one attached hydrogen (secondary N) is 1. The maximum absolute atomic E-state index is 6.63. The summed E-state index contributed by atoms with van der Waals surface area (Å²) in [6.45, 7) is 2.50. The fourth-order valence-electron chi connectivity index (χ4n) is 4.71. The highest BCUT2D eigenvalue weighted by Gasteiger charge is 2.23. The molecule has 2 aromatic carbocycles. The van der Waals surface area contributed by atoms with E-state index in [2.05, 4.69) is 29.6 Å². The summed E-state index contributed by atoms with van der Waals surface area (Å²) in [6.07, 6.45) is 11.1. The van der Waals surface area contributed by atoms with Crippen LogP contribution >= 0.6 is 0 Å². The molecule has 1 atom stereocenters. The number of nitrogens with two attached hydrogens (primary N) is 1. The standard InChI is InChI=1S/C22H25NO2.C4H9N/c1-24-20-12-11-16(15-7-3-2-4-8-15)13-19(20)21(23)22-18-10-6-5-9-17(18)14-25-22;1-2-4-5-3-1/h5-6,9-15,21H,2-4,7-8,23H2,1H3;5H,1-4H2. The Morgan fingerprint density at radius 2 is 1.77 bits per heavy atom. The number of furan rings is 1. The monoisotopic (exact) mass is 406 g/mol. The molecule has 160 valence electrons. The van der Waals surface area contributed by atoms with Crippen molar-refractivity contribution in [2.75, 3.05) is 20.2 Å². The molecule has 2 fully saturated rings. The lowest BCUT2D eigenvalue weighted by molar-refractivity contribution is 0.401. The summed E-state index contributed by atoms with van der Waals surface area (Å²) in [5.41, 5.74) is 9.01. The molecule has 2 aliphatic rings. The normalized spacial score (nSPS) is 18.1. The summed E-state index contributed by atoms with van der Waals surface area (Å²) < 4.78 is 11.4. The van der Waals surface area contributed by atoms with Gasteiger partial charge in [0, 0.05) is 16.3 Å². The zero-order chi connectivity index (χ0) is 20.8. The van der Waals surface area contributed by atoms with E-state index in [0.29, 0.717) is 5.92 Å². The second kappa shape index (κ2) is 10.1. The smallest absolute Gasteiger partial charge is 0.132 e. The minimum atomic E-state index is -0.335. The lowest BCUT2D eigenvalue weighted by Crippen LogP contribution is -2.14. The van der Waals surface area contributed by atoms with Gasteiger partial charge >= 0.3 is 0 Å². The van der Waals surface area contributed by atoms with E-state index in [0.717, 1.165) is 27.8 Å². The first-order chi connectivity index (χ1) is 14.8. The van der Waals surface area contributed by atoms with E-state index >= 15 is 0 Å². The van der Waals surface area contributed by atoms with Crippen LogP contribution < -0.4 is 15.8 Å². The lowest BCUT2D eigenvalue weighted by Gasteiger charge is -2.24. The third-order valence-corrected chi connectivity index (χ3v) is 6.44. The number of hydrogen-bond donors (Lipinski definition) is 2. The lowest BCUT2D eigenvalue weighted by atomic mass is 9.83. The molecule has 1 saturated heterocycles. The van der Waals surface area contributed by atoms with Crippen molar-refractivity contribution in [3.63, 3.8) is 0 Å². The number of fused-ring (bicyclic) bond motifs is 1. The highest BCUT2D eigenvalue weighted by molar-refractivity contribution is 5.84. The maximum atomic E-state index is 6.63. The van der Waals surface area contributed by atoms with E-state index in [1.54, 1.807) is 13.4 Å². The first-order valence-electron chi connectivity index (χ1n) is 11.4. The number of rotatable bonds is 4. The molecule has 4 heteroatoms. The molecule has 1 saturated carbocycles. The van der Waals surface area contributed by atoms with Crippen LogP contribution in [0.1, 0.15) is 73.8 Å². The summed E-state index contributed by atoms with van der Waals surface area (Å²) in [7, 11) is 1.70. The van der Waals surface area contributed by atoms with Crippen LogP contribution in [0, 0.1) is 0 Å². The molecule has 5 rings (SSSR count). The molecule has 4 nitrogen and oxygen atoms in total. The van der Waals surface area contributed by atoms with Crippen molar-refractivity contribution < 1.29 is 9.15 Å². The Kier molecular flexibility index (Phi) is 7.08. The van der Waals surface area contributed by atoms with Crippen LogP contribution in [-0.4, -0.2) is 20.2 Å². The number of methoxy groups -OCH3 is 1. The summed E-state index contributed by atoms with van der Waals surface area (Å²) in [5, 5.41) is 5.37. The van der Waals surface area contributed by atoms with Crippen LogP contribution in [0.2, 0.25) is 0 Å². The van der Waals surface area contributed by atoms with Gasteiger partial charge in [-0.2, -0.15) is 0 Å². The van der Waals surface area contributed by atoms with E-state index < -0.39 is 0 Å². The number of hydrogen-bond acceptors (Lipinski definition) is 4. The first-order valence-corrected chi connectivity index (χ1v) is 11.4. The quantitative estimate of drug-likeness (QED) is 0.566. The summed E-state index contributed by atoms with van der Waals surface area (Å²) >= 11 is 0. The Morgan fingerprint density at radius 1 is 1.00 bits per heavy atom. The molecule has 1 aliphatic heterocycles. The zero-order valence-electron chi connectivity index (χ0n) is 18.0. The molecule has 1 aliphatic carbocycles. The Bertz CT molecular complexity index is 932. The average molecular weight is 407 g/mol. The van der Waals surface area contributed by atoms with Gasteiger partial charge < -0.3 is 20.2 Å². The Labute approximate surface area is 179 Å². The molecule has 1 aromatic heterocycles. The zero-order valence-corrected chi connectivity index (χ0v) is 18.0. The van der Waals surface area contributed by atoms with Crippen LogP contribution in [0.5, 0.6) is 5.75 Å².